The molecule has 16 heteroatoms. The number of hydrogen-bond donors (Lipinski definition) is 1. The summed E-state index contributed by atoms with van der Waals surface area (Å²) in [5.41, 5.74) is -1.60. The highest BCUT2D eigenvalue weighted by atomic mass is 35.5. The zero-order valence-corrected chi connectivity index (χ0v) is 31.9. The van der Waals surface area contributed by atoms with Crippen molar-refractivity contribution in [1.29, 1.82) is 5.26 Å². The van der Waals surface area contributed by atoms with Gasteiger partial charge in [-0.15, -0.1) is 11.3 Å². The number of benzene rings is 2. The fourth-order valence-corrected chi connectivity index (χ4v) is 9.40. The number of methoxy groups -OCH3 is 1. The fourth-order valence-electron chi connectivity index (χ4n) is 8.04. The molecule has 0 bridgehead atoms. The molecule has 1 N–H and O–H groups in total. The van der Waals surface area contributed by atoms with Gasteiger partial charge in [0, 0.05) is 42.4 Å². The van der Waals surface area contributed by atoms with Crippen molar-refractivity contribution in [3.63, 3.8) is 0 Å². The molecule has 7 rings (SSSR count). The van der Waals surface area contributed by atoms with Gasteiger partial charge in [0.2, 0.25) is 0 Å². The SMILES string of the molecule is COC(=O)[C@@H]1CCCN(c2nc(OC[C@@]34CCCN3C[C@H](F)C4)nc3c(F)c(-c4ccc(F)c5sc(NC(=O)OC(C)(C)C)c(C#N)c45)c(Cl)cc23)CC1. The van der Waals surface area contributed by atoms with E-state index in [1.54, 1.807) is 20.8 Å². The molecule has 3 aliphatic rings. The normalized spacial score (nSPS) is 21.9. The maximum absolute atomic E-state index is 17.3. The number of fused-ring (bicyclic) bond motifs is 3. The Morgan fingerprint density at radius 3 is 2.70 bits per heavy atom. The number of aromatic nitrogens is 2. The number of nitriles is 1. The molecule has 1 amide bonds. The highest BCUT2D eigenvalue weighted by Crippen LogP contribution is 2.47. The first-order chi connectivity index (χ1) is 25.7. The molecule has 54 heavy (non-hydrogen) atoms. The second kappa shape index (κ2) is 14.7. The number of rotatable bonds is 7. The van der Waals surface area contributed by atoms with Gasteiger partial charge in [-0.05, 0) is 77.1 Å². The van der Waals surface area contributed by atoms with E-state index in [1.165, 1.54) is 19.2 Å². The first-order valence-corrected chi connectivity index (χ1v) is 19.1. The lowest BCUT2D eigenvalue weighted by Gasteiger charge is -2.31. The Morgan fingerprint density at radius 2 is 1.96 bits per heavy atom. The summed E-state index contributed by atoms with van der Waals surface area (Å²) in [5, 5.41) is 13.1. The molecular weight excluding hydrogens is 745 g/mol. The summed E-state index contributed by atoms with van der Waals surface area (Å²) >= 11 is 7.74. The highest BCUT2D eigenvalue weighted by Gasteiger charge is 2.49. The van der Waals surface area contributed by atoms with Gasteiger partial charge in [-0.1, -0.05) is 17.7 Å². The molecule has 3 fully saturated rings. The monoisotopic (exact) mass is 784 g/mol. The van der Waals surface area contributed by atoms with E-state index in [2.05, 4.69) is 15.2 Å². The molecule has 0 spiro atoms. The van der Waals surface area contributed by atoms with Crippen molar-refractivity contribution in [3.8, 4) is 23.2 Å². The number of amides is 1. The Labute approximate surface area is 319 Å². The van der Waals surface area contributed by atoms with Gasteiger partial charge >= 0.3 is 18.1 Å². The van der Waals surface area contributed by atoms with Crippen LogP contribution in [0.5, 0.6) is 6.01 Å². The van der Waals surface area contributed by atoms with Crippen molar-refractivity contribution in [3.05, 3.63) is 40.4 Å². The van der Waals surface area contributed by atoms with Crippen LogP contribution in [0, 0.1) is 28.9 Å². The minimum absolute atomic E-state index is 0.00547. The van der Waals surface area contributed by atoms with Crippen LogP contribution in [0.3, 0.4) is 0 Å². The number of anilines is 2. The number of nitrogens with one attached hydrogen (secondary N) is 1. The largest absolute Gasteiger partial charge is 0.469 e. The number of esters is 1. The Balaban J connectivity index is 1.35. The van der Waals surface area contributed by atoms with Crippen molar-refractivity contribution in [1.82, 2.24) is 14.9 Å². The quantitative estimate of drug-likeness (QED) is 0.183. The van der Waals surface area contributed by atoms with E-state index in [0.717, 1.165) is 36.8 Å². The van der Waals surface area contributed by atoms with Crippen molar-refractivity contribution >= 4 is 66.8 Å². The third kappa shape index (κ3) is 7.11. The standard InChI is InChI=1S/C38H40ClF3N6O5S/c1-37(2,3)53-36(50)46-33-24(17-43)27-22(8-9-26(41)31(27)54-33)28-25(39)15-23-30(29(28)42)44-35(52-19-38-11-6-13-48(38)18-21(40)16-38)45-32(23)47-12-5-7-20(10-14-47)34(49)51-4/h8-9,15,20-21H,5-7,10-14,16,18-19H2,1-4H3,(H,46,50)/t20-,21-,38+/m1/s1. The number of thiophene rings is 1. The smallest absolute Gasteiger partial charge is 0.412 e. The number of carbonyl (C=O) groups is 2. The zero-order chi connectivity index (χ0) is 38.5. The third-order valence-corrected chi connectivity index (χ3v) is 11.8. The molecule has 3 aliphatic heterocycles. The number of carbonyl (C=O) groups excluding carboxylic acids is 2. The van der Waals surface area contributed by atoms with Crippen LogP contribution in [0.4, 0.5) is 28.8 Å². The van der Waals surface area contributed by atoms with Crippen LogP contribution in [-0.4, -0.2) is 84.1 Å². The Hall–Kier alpha value is -4.39. The van der Waals surface area contributed by atoms with Crippen LogP contribution in [-0.2, 0) is 14.3 Å². The molecule has 11 nitrogen and oxygen atoms in total. The summed E-state index contributed by atoms with van der Waals surface area (Å²) in [4.78, 5) is 38.5. The molecule has 4 aromatic rings. The second-order valence-electron chi connectivity index (χ2n) is 15.1. The highest BCUT2D eigenvalue weighted by molar-refractivity contribution is 7.23. The molecule has 2 aromatic heterocycles. The predicted octanol–water partition coefficient (Wildman–Crippen LogP) is 8.40. The zero-order valence-electron chi connectivity index (χ0n) is 30.4. The van der Waals surface area contributed by atoms with Crippen molar-refractivity contribution in [2.75, 3.05) is 50.1 Å². The molecule has 3 saturated heterocycles. The Kier molecular flexibility index (Phi) is 10.3. The maximum atomic E-state index is 17.3. The number of alkyl halides is 1. The number of halogens is 4. The van der Waals surface area contributed by atoms with E-state index in [9.17, 15) is 19.2 Å². The van der Waals surface area contributed by atoms with Crippen molar-refractivity contribution in [2.24, 2.45) is 5.92 Å². The van der Waals surface area contributed by atoms with Crippen molar-refractivity contribution < 1.29 is 37.0 Å². The lowest BCUT2D eigenvalue weighted by Crippen LogP contribution is -2.43. The summed E-state index contributed by atoms with van der Waals surface area (Å²) in [6, 6.07) is 5.95. The number of nitrogens with zero attached hydrogens (tertiary/aromatic N) is 5. The minimum atomic E-state index is -0.980. The minimum Gasteiger partial charge on any atom is -0.469 e. The van der Waals surface area contributed by atoms with Gasteiger partial charge in [-0.3, -0.25) is 15.0 Å². The van der Waals surface area contributed by atoms with Crippen LogP contribution >= 0.6 is 22.9 Å². The lowest BCUT2D eigenvalue weighted by molar-refractivity contribution is -0.145. The van der Waals surface area contributed by atoms with Crippen molar-refractivity contribution in [2.45, 2.75) is 76.6 Å². The molecule has 2 aromatic carbocycles. The Bertz CT molecular complexity index is 2190. The summed E-state index contributed by atoms with van der Waals surface area (Å²) in [6.45, 7) is 7.13. The van der Waals surface area contributed by atoms with Crippen LogP contribution in [0.25, 0.3) is 32.1 Å². The fraction of sp³-hybridized carbons (Fsp3) is 0.500. The van der Waals surface area contributed by atoms with Gasteiger partial charge in [0.15, 0.2) is 5.82 Å². The topological polar surface area (TPSA) is 130 Å². The summed E-state index contributed by atoms with van der Waals surface area (Å²) in [7, 11) is 1.36. The predicted molar refractivity (Wildman–Crippen MR) is 200 cm³/mol. The molecule has 3 atom stereocenters. The summed E-state index contributed by atoms with van der Waals surface area (Å²) in [5.74, 6) is -1.79. The average Bonchev–Trinajstić information content (AvgIpc) is 3.69. The molecule has 0 saturated carbocycles. The van der Waals surface area contributed by atoms with Crippen LogP contribution in [0.15, 0.2) is 18.2 Å². The van der Waals surface area contributed by atoms with Crippen LogP contribution in [0.2, 0.25) is 5.02 Å². The van der Waals surface area contributed by atoms with E-state index >= 15 is 8.78 Å². The summed E-state index contributed by atoms with van der Waals surface area (Å²) < 4.78 is 63.9. The first-order valence-electron chi connectivity index (χ1n) is 17.9. The van der Waals surface area contributed by atoms with Gasteiger partial charge in [0.05, 0.1) is 33.9 Å². The molecular formula is C38H40ClF3N6O5S. The van der Waals surface area contributed by atoms with Gasteiger partial charge in [0.1, 0.15) is 46.6 Å². The maximum Gasteiger partial charge on any atom is 0.412 e. The Morgan fingerprint density at radius 1 is 1.17 bits per heavy atom. The van der Waals surface area contributed by atoms with Gasteiger partial charge < -0.3 is 19.1 Å². The van der Waals surface area contributed by atoms with E-state index < -0.39 is 35.0 Å². The molecule has 0 aliphatic carbocycles. The number of hydrogen-bond acceptors (Lipinski definition) is 11. The number of ether oxygens (including phenoxy) is 3. The summed E-state index contributed by atoms with van der Waals surface area (Å²) in [6.07, 6.45) is 1.85. The molecule has 0 unspecified atom stereocenters. The second-order valence-corrected chi connectivity index (χ2v) is 16.5. The molecule has 0 radical (unpaired) electrons. The average molecular weight is 785 g/mol. The van der Waals surface area contributed by atoms with E-state index in [1.807, 2.05) is 11.0 Å². The lowest BCUT2D eigenvalue weighted by atomic mass is 9.95. The van der Waals surface area contributed by atoms with Crippen LogP contribution in [0.1, 0.15) is 64.9 Å². The molecule has 286 valence electrons. The first kappa shape index (κ1) is 37.9. The van der Waals surface area contributed by atoms with Gasteiger partial charge in [0.25, 0.3) is 0 Å². The molecule has 5 heterocycles. The van der Waals surface area contributed by atoms with E-state index in [-0.39, 0.29) is 72.2 Å². The van der Waals surface area contributed by atoms with Gasteiger partial charge in [-0.2, -0.15) is 15.2 Å². The van der Waals surface area contributed by atoms with Crippen LogP contribution < -0.4 is 15.0 Å². The van der Waals surface area contributed by atoms with E-state index in [0.29, 0.717) is 51.1 Å². The van der Waals surface area contributed by atoms with Gasteiger partial charge in [-0.25, -0.2) is 18.0 Å². The van der Waals surface area contributed by atoms with E-state index in [4.69, 9.17) is 30.8 Å². The third-order valence-electron chi connectivity index (χ3n) is 10.4.